The molecule has 1 aromatic heterocycles. The standard InChI is InChI=1S/C8H13NOS2/c1-6(4-11)3-9-7(2)5-12-8(9)10/h5-6,11H,3-4H2,1-2H3. The van der Waals surface area contributed by atoms with Crippen LogP contribution in [0.3, 0.4) is 0 Å². The molecule has 0 fully saturated rings. The Morgan fingerprint density at radius 2 is 2.42 bits per heavy atom. The van der Waals surface area contributed by atoms with E-state index in [1.807, 2.05) is 16.9 Å². The van der Waals surface area contributed by atoms with E-state index in [4.69, 9.17) is 0 Å². The normalized spacial score (nSPS) is 13.2. The van der Waals surface area contributed by atoms with Crippen LogP contribution in [0.4, 0.5) is 0 Å². The summed E-state index contributed by atoms with van der Waals surface area (Å²) in [6.07, 6.45) is 0. The van der Waals surface area contributed by atoms with E-state index in [2.05, 4.69) is 19.6 Å². The van der Waals surface area contributed by atoms with E-state index in [1.54, 1.807) is 0 Å². The summed E-state index contributed by atoms with van der Waals surface area (Å²) < 4.78 is 1.81. The maximum Gasteiger partial charge on any atom is 0.307 e. The number of hydrogen-bond acceptors (Lipinski definition) is 3. The number of aromatic nitrogens is 1. The van der Waals surface area contributed by atoms with Crippen LogP contribution in [0, 0.1) is 12.8 Å². The van der Waals surface area contributed by atoms with Crippen molar-refractivity contribution in [3.8, 4) is 0 Å². The molecule has 1 atom stereocenters. The molecule has 1 aromatic rings. The second-order valence-corrected chi connectivity index (χ2v) is 4.23. The molecule has 0 aliphatic rings. The molecule has 2 nitrogen and oxygen atoms in total. The predicted molar refractivity (Wildman–Crippen MR) is 56.3 cm³/mol. The lowest BCUT2D eigenvalue weighted by Crippen LogP contribution is -2.19. The molecular weight excluding hydrogens is 190 g/mol. The Hall–Kier alpha value is -0.220. The van der Waals surface area contributed by atoms with Crippen LogP contribution < -0.4 is 4.87 Å². The Morgan fingerprint density at radius 1 is 1.75 bits per heavy atom. The fourth-order valence-corrected chi connectivity index (χ4v) is 1.85. The fraction of sp³-hybridized carbons (Fsp3) is 0.625. The number of aryl methyl sites for hydroxylation is 1. The van der Waals surface area contributed by atoms with Crippen LogP contribution in [0.25, 0.3) is 0 Å². The lowest BCUT2D eigenvalue weighted by molar-refractivity contribution is 0.518. The van der Waals surface area contributed by atoms with Crippen LogP contribution in [0.15, 0.2) is 10.2 Å². The van der Waals surface area contributed by atoms with E-state index in [1.165, 1.54) is 11.3 Å². The van der Waals surface area contributed by atoms with Crippen LogP contribution in [0.2, 0.25) is 0 Å². The highest BCUT2D eigenvalue weighted by molar-refractivity contribution is 7.80. The third kappa shape index (κ3) is 2.14. The first-order valence-electron chi connectivity index (χ1n) is 3.91. The lowest BCUT2D eigenvalue weighted by Gasteiger charge is -2.09. The second kappa shape index (κ2) is 4.14. The van der Waals surface area contributed by atoms with Crippen molar-refractivity contribution in [1.82, 2.24) is 4.57 Å². The molecule has 4 heteroatoms. The zero-order chi connectivity index (χ0) is 9.14. The van der Waals surface area contributed by atoms with Gasteiger partial charge in [0.15, 0.2) is 0 Å². The highest BCUT2D eigenvalue weighted by Crippen LogP contribution is 2.05. The van der Waals surface area contributed by atoms with Gasteiger partial charge in [-0.05, 0) is 18.6 Å². The van der Waals surface area contributed by atoms with Crippen LogP contribution in [-0.4, -0.2) is 10.3 Å². The number of hydrogen-bond donors (Lipinski definition) is 1. The molecule has 0 aliphatic carbocycles. The van der Waals surface area contributed by atoms with Gasteiger partial charge in [0.05, 0.1) is 0 Å². The summed E-state index contributed by atoms with van der Waals surface area (Å²) in [5.74, 6) is 1.28. The topological polar surface area (TPSA) is 22.0 Å². The Kier molecular flexibility index (Phi) is 3.40. The van der Waals surface area contributed by atoms with Gasteiger partial charge >= 0.3 is 4.87 Å². The quantitative estimate of drug-likeness (QED) is 0.743. The first kappa shape index (κ1) is 9.86. The van der Waals surface area contributed by atoms with Crippen LogP contribution >= 0.6 is 24.0 Å². The van der Waals surface area contributed by atoms with E-state index in [-0.39, 0.29) is 4.87 Å². The molecule has 0 aliphatic heterocycles. The second-order valence-electron chi connectivity index (χ2n) is 3.04. The van der Waals surface area contributed by atoms with Crippen molar-refractivity contribution in [2.24, 2.45) is 5.92 Å². The fourth-order valence-electron chi connectivity index (χ4n) is 0.995. The molecule has 0 amide bonds. The monoisotopic (exact) mass is 203 g/mol. The molecule has 1 heterocycles. The molecule has 0 bridgehead atoms. The van der Waals surface area contributed by atoms with Crippen molar-refractivity contribution < 1.29 is 0 Å². The highest BCUT2D eigenvalue weighted by Gasteiger charge is 2.05. The molecule has 68 valence electrons. The van der Waals surface area contributed by atoms with Crippen molar-refractivity contribution in [2.45, 2.75) is 20.4 Å². The average molecular weight is 203 g/mol. The number of rotatable bonds is 3. The molecule has 0 spiro atoms. The minimum Gasteiger partial charge on any atom is -0.303 e. The van der Waals surface area contributed by atoms with E-state index in [9.17, 15) is 4.79 Å². The smallest absolute Gasteiger partial charge is 0.303 e. The molecule has 0 saturated heterocycles. The third-order valence-electron chi connectivity index (χ3n) is 1.78. The Balaban J connectivity index is 2.81. The molecule has 0 N–H and O–H groups in total. The zero-order valence-electron chi connectivity index (χ0n) is 7.28. The molecule has 0 aromatic carbocycles. The van der Waals surface area contributed by atoms with E-state index >= 15 is 0 Å². The third-order valence-corrected chi connectivity index (χ3v) is 3.29. The minimum atomic E-state index is 0.140. The number of thiazole rings is 1. The van der Waals surface area contributed by atoms with Gasteiger partial charge in [0.2, 0.25) is 0 Å². The number of thiol groups is 1. The summed E-state index contributed by atoms with van der Waals surface area (Å²) in [6.45, 7) is 4.84. The van der Waals surface area contributed by atoms with E-state index in [0.717, 1.165) is 18.0 Å². The van der Waals surface area contributed by atoms with Crippen molar-refractivity contribution in [3.05, 3.63) is 20.7 Å². The van der Waals surface area contributed by atoms with Gasteiger partial charge < -0.3 is 4.57 Å². The molecule has 1 unspecified atom stereocenters. The Bertz CT molecular complexity index is 302. The summed E-state index contributed by atoms with van der Waals surface area (Å²) in [4.78, 5) is 11.4. The maximum atomic E-state index is 11.2. The minimum absolute atomic E-state index is 0.140. The van der Waals surface area contributed by atoms with Crippen molar-refractivity contribution in [1.29, 1.82) is 0 Å². The average Bonchev–Trinajstić information content (AvgIpc) is 2.35. The largest absolute Gasteiger partial charge is 0.307 e. The maximum absolute atomic E-state index is 11.2. The van der Waals surface area contributed by atoms with E-state index in [0.29, 0.717) is 5.92 Å². The first-order valence-corrected chi connectivity index (χ1v) is 5.42. The first-order chi connectivity index (χ1) is 5.65. The molecular formula is C8H13NOS2. The highest BCUT2D eigenvalue weighted by atomic mass is 32.1. The SMILES string of the molecule is Cc1csc(=O)n1CC(C)CS. The van der Waals surface area contributed by atoms with Gasteiger partial charge in [-0.15, -0.1) is 0 Å². The summed E-state index contributed by atoms with van der Waals surface area (Å²) >= 11 is 5.45. The molecule has 0 radical (unpaired) electrons. The van der Waals surface area contributed by atoms with Gasteiger partial charge in [0, 0.05) is 17.6 Å². The van der Waals surface area contributed by atoms with Gasteiger partial charge in [0.25, 0.3) is 0 Å². The van der Waals surface area contributed by atoms with Crippen molar-refractivity contribution >= 4 is 24.0 Å². The summed E-state index contributed by atoms with van der Waals surface area (Å²) in [5, 5.41) is 1.90. The van der Waals surface area contributed by atoms with Crippen LogP contribution in [0.5, 0.6) is 0 Å². The predicted octanol–water partition coefficient (Wildman–Crippen LogP) is 1.78. The number of nitrogens with zero attached hydrogens (tertiary/aromatic N) is 1. The van der Waals surface area contributed by atoms with E-state index < -0.39 is 0 Å². The van der Waals surface area contributed by atoms with Gasteiger partial charge in [-0.25, -0.2) is 0 Å². The van der Waals surface area contributed by atoms with Gasteiger partial charge in [-0.2, -0.15) is 12.6 Å². The Labute approximate surface area is 81.6 Å². The summed E-state index contributed by atoms with van der Waals surface area (Å²) in [6, 6.07) is 0. The van der Waals surface area contributed by atoms with Gasteiger partial charge in [0.1, 0.15) is 0 Å². The van der Waals surface area contributed by atoms with Crippen LogP contribution in [-0.2, 0) is 6.54 Å². The Morgan fingerprint density at radius 3 is 2.83 bits per heavy atom. The summed E-state index contributed by atoms with van der Waals surface area (Å²) in [5.41, 5.74) is 1.05. The van der Waals surface area contributed by atoms with Crippen molar-refractivity contribution in [2.75, 3.05) is 5.75 Å². The van der Waals surface area contributed by atoms with Crippen molar-refractivity contribution in [3.63, 3.8) is 0 Å². The molecule has 12 heavy (non-hydrogen) atoms. The van der Waals surface area contributed by atoms with Gasteiger partial charge in [-0.1, -0.05) is 18.3 Å². The van der Waals surface area contributed by atoms with Crippen LogP contribution in [0.1, 0.15) is 12.6 Å². The molecule has 1 rings (SSSR count). The zero-order valence-corrected chi connectivity index (χ0v) is 8.99. The van der Waals surface area contributed by atoms with Gasteiger partial charge in [-0.3, -0.25) is 4.79 Å². The lowest BCUT2D eigenvalue weighted by atomic mass is 10.2. The molecule has 0 saturated carbocycles. The summed E-state index contributed by atoms with van der Waals surface area (Å²) in [7, 11) is 0.